The zero-order chi connectivity index (χ0) is 13.8. The number of rotatable bonds is 6. The van der Waals surface area contributed by atoms with E-state index in [1.165, 1.54) is 0 Å². The van der Waals surface area contributed by atoms with Crippen LogP contribution in [0.5, 0.6) is 0 Å². The fourth-order valence-electron chi connectivity index (χ4n) is 1.74. The molecule has 0 aromatic rings. The number of nitrogens with one attached hydrogen (secondary N) is 5. The van der Waals surface area contributed by atoms with E-state index in [0.717, 1.165) is 0 Å². The molecular formula is C10H15N5O3. The molecule has 98 valence electrons. The van der Waals surface area contributed by atoms with Crippen molar-refractivity contribution in [1.82, 2.24) is 16.0 Å². The molecule has 18 heavy (non-hydrogen) atoms. The van der Waals surface area contributed by atoms with Crippen molar-refractivity contribution in [1.29, 1.82) is 10.8 Å². The van der Waals surface area contributed by atoms with Crippen molar-refractivity contribution in [2.45, 2.75) is 25.3 Å². The number of amides is 4. The minimum Gasteiger partial charge on any atom is -0.348 e. The Bertz CT molecular complexity index is 420. The fraction of sp³-hybridized carbons (Fsp3) is 0.500. The van der Waals surface area contributed by atoms with Gasteiger partial charge in [0.25, 0.3) is 11.8 Å². The summed E-state index contributed by atoms with van der Waals surface area (Å²) >= 11 is 0. The van der Waals surface area contributed by atoms with E-state index in [2.05, 4.69) is 16.0 Å². The van der Waals surface area contributed by atoms with Crippen molar-refractivity contribution < 1.29 is 14.4 Å². The normalized spacial score (nSPS) is 22.1. The summed E-state index contributed by atoms with van der Waals surface area (Å²) in [6.07, 6.45) is 1.63. The molecule has 0 aliphatic carbocycles. The maximum Gasteiger partial charge on any atom is 0.322 e. The minimum absolute atomic E-state index is 0.104. The van der Waals surface area contributed by atoms with Gasteiger partial charge in [-0.2, -0.15) is 0 Å². The van der Waals surface area contributed by atoms with Crippen molar-refractivity contribution in [3.8, 4) is 0 Å². The summed E-state index contributed by atoms with van der Waals surface area (Å²) < 4.78 is 0. The van der Waals surface area contributed by atoms with Gasteiger partial charge in [-0.3, -0.25) is 20.3 Å². The summed E-state index contributed by atoms with van der Waals surface area (Å²) in [5.41, 5.74) is -1.67. The first-order valence-corrected chi connectivity index (χ1v) is 5.46. The molecular weight excluding hydrogens is 238 g/mol. The topological polar surface area (TPSA) is 135 Å². The van der Waals surface area contributed by atoms with Crippen molar-refractivity contribution in [2.75, 3.05) is 6.54 Å². The average molecular weight is 253 g/mol. The van der Waals surface area contributed by atoms with Crippen LogP contribution in [0.1, 0.15) is 19.8 Å². The van der Waals surface area contributed by atoms with Crippen LogP contribution in [0, 0.1) is 10.8 Å². The van der Waals surface area contributed by atoms with E-state index in [1.54, 1.807) is 0 Å². The molecule has 0 bridgehead atoms. The zero-order valence-electron chi connectivity index (χ0n) is 9.92. The molecule has 1 heterocycles. The number of carbonyl (C=O) groups is 3. The van der Waals surface area contributed by atoms with Gasteiger partial charge in [-0.15, -0.1) is 0 Å². The van der Waals surface area contributed by atoms with Crippen LogP contribution in [0.4, 0.5) is 4.79 Å². The Hall–Kier alpha value is -2.25. The smallest absolute Gasteiger partial charge is 0.322 e. The molecule has 1 fully saturated rings. The van der Waals surface area contributed by atoms with Crippen molar-refractivity contribution in [3.05, 3.63) is 0 Å². The van der Waals surface area contributed by atoms with Gasteiger partial charge in [0.05, 0.1) is 6.54 Å². The van der Waals surface area contributed by atoms with E-state index in [9.17, 15) is 14.4 Å². The van der Waals surface area contributed by atoms with Crippen LogP contribution in [0.2, 0.25) is 0 Å². The molecule has 4 amide bonds. The van der Waals surface area contributed by atoms with E-state index >= 15 is 0 Å². The Balaban J connectivity index is 2.73. The van der Waals surface area contributed by atoms with Gasteiger partial charge in [0.2, 0.25) is 0 Å². The summed E-state index contributed by atoms with van der Waals surface area (Å²) in [6, 6.07) is -0.593. The van der Waals surface area contributed by atoms with Gasteiger partial charge in [0.1, 0.15) is 11.3 Å². The van der Waals surface area contributed by atoms with E-state index < -0.39 is 29.1 Å². The van der Waals surface area contributed by atoms with Crippen LogP contribution in [0.25, 0.3) is 0 Å². The molecule has 0 saturated carbocycles. The number of hydrogen-bond donors (Lipinski definition) is 5. The quantitative estimate of drug-likeness (QED) is 0.311. The largest absolute Gasteiger partial charge is 0.348 e. The summed E-state index contributed by atoms with van der Waals surface area (Å²) in [5, 5.41) is 20.9. The van der Waals surface area contributed by atoms with E-state index in [-0.39, 0.29) is 6.54 Å². The van der Waals surface area contributed by atoms with E-state index in [4.69, 9.17) is 10.8 Å². The maximum atomic E-state index is 11.7. The second-order valence-corrected chi connectivity index (χ2v) is 3.98. The van der Waals surface area contributed by atoms with Crippen LogP contribution in [0.15, 0.2) is 0 Å². The molecule has 1 aliphatic heterocycles. The number of carbonyl (C=O) groups excluding carboxylic acids is 3. The highest BCUT2D eigenvalue weighted by Crippen LogP contribution is 2.16. The van der Waals surface area contributed by atoms with Crippen LogP contribution in [-0.4, -0.2) is 41.9 Å². The SMILES string of the molecule is CCCC1(CNC(=O)C(=N)C=N)NC(=O)NC1=O. The van der Waals surface area contributed by atoms with Gasteiger partial charge in [-0.05, 0) is 6.42 Å². The average Bonchev–Trinajstić information content (AvgIpc) is 2.61. The molecule has 8 heteroatoms. The zero-order valence-corrected chi connectivity index (χ0v) is 9.92. The standard InChI is InChI=1S/C10H15N5O3/c1-2-3-10(8(17)14-9(18)15-10)5-13-7(16)6(12)4-11/h4,11-12H,2-3,5H2,1H3,(H,13,16)(H2,14,15,17,18). The maximum absolute atomic E-state index is 11.7. The highest BCUT2D eigenvalue weighted by Gasteiger charge is 2.45. The van der Waals surface area contributed by atoms with Gasteiger partial charge in [-0.1, -0.05) is 13.3 Å². The van der Waals surface area contributed by atoms with Gasteiger partial charge in [0, 0.05) is 6.21 Å². The lowest BCUT2D eigenvalue weighted by Gasteiger charge is -2.25. The first-order chi connectivity index (χ1) is 8.45. The van der Waals surface area contributed by atoms with E-state index in [0.29, 0.717) is 19.1 Å². The molecule has 0 aromatic carbocycles. The van der Waals surface area contributed by atoms with Gasteiger partial charge in [-0.25, -0.2) is 4.79 Å². The summed E-state index contributed by atoms with van der Waals surface area (Å²) in [5.74, 6) is -1.24. The van der Waals surface area contributed by atoms with E-state index in [1.807, 2.05) is 6.92 Å². The summed E-state index contributed by atoms with van der Waals surface area (Å²) in [6.45, 7) is 1.74. The molecule has 0 aromatic heterocycles. The first kappa shape index (κ1) is 13.8. The lowest BCUT2D eigenvalue weighted by molar-refractivity contribution is -0.124. The number of urea groups is 1. The third-order valence-electron chi connectivity index (χ3n) is 2.63. The predicted octanol–water partition coefficient (Wildman–Crippen LogP) is -0.850. The minimum atomic E-state index is -1.16. The van der Waals surface area contributed by atoms with Crippen LogP contribution < -0.4 is 16.0 Å². The Kier molecular flexibility index (Phi) is 4.13. The van der Waals surface area contributed by atoms with Gasteiger partial charge < -0.3 is 16.0 Å². The molecule has 0 spiro atoms. The molecule has 1 atom stereocenters. The second-order valence-electron chi connectivity index (χ2n) is 3.98. The highest BCUT2D eigenvalue weighted by molar-refractivity contribution is 6.59. The molecule has 1 saturated heterocycles. The predicted molar refractivity (Wildman–Crippen MR) is 63.8 cm³/mol. The molecule has 1 aliphatic rings. The Morgan fingerprint density at radius 1 is 1.50 bits per heavy atom. The highest BCUT2D eigenvalue weighted by atomic mass is 16.2. The Labute approximate surface area is 104 Å². The van der Waals surface area contributed by atoms with Crippen LogP contribution in [0.3, 0.4) is 0 Å². The number of hydrogen-bond acceptors (Lipinski definition) is 5. The van der Waals surface area contributed by atoms with Crippen molar-refractivity contribution in [2.24, 2.45) is 0 Å². The second kappa shape index (κ2) is 5.39. The number of imide groups is 1. The molecule has 8 nitrogen and oxygen atoms in total. The van der Waals surface area contributed by atoms with Crippen LogP contribution >= 0.6 is 0 Å². The molecule has 0 radical (unpaired) electrons. The molecule has 5 N–H and O–H groups in total. The third-order valence-corrected chi connectivity index (χ3v) is 2.63. The Morgan fingerprint density at radius 3 is 2.61 bits per heavy atom. The lowest BCUT2D eigenvalue weighted by atomic mass is 9.93. The fourth-order valence-corrected chi connectivity index (χ4v) is 1.74. The Morgan fingerprint density at radius 2 is 2.17 bits per heavy atom. The van der Waals surface area contributed by atoms with Crippen LogP contribution in [-0.2, 0) is 9.59 Å². The third kappa shape index (κ3) is 2.70. The van der Waals surface area contributed by atoms with Gasteiger partial charge in [0.15, 0.2) is 0 Å². The van der Waals surface area contributed by atoms with Crippen molar-refractivity contribution >= 4 is 29.8 Å². The molecule has 1 unspecified atom stereocenters. The van der Waals surface area contributed by atoms with Crippen molar-refractivity contribution in [3.63, 3.8) is 0 Å². The lowest BCUT2D eigenvalue weighted by Crippen LogP contribution is -2.55. The monoisotopic (exact) mass is 253 g/mol. The first-order valence-electron chi connectivity index (χ1n) is 5.46. The summed E-state index contributed by atoms with van der Waals surface area (Å²) in [4.78, 5) is 34.2. The summed E-state index contributed by atoms with van der Waals surface area (Å²) in [7, 11) is 0. The van der Waals surface area contributed by atoms with Gasteiger partial charge >= 0.3 is 6.03 Å². The molecule has 1 rings (SSSR count).